The molecule has 1 aromatic heterocycles. The van der Waals surface area contributed by atoms with Gasteiger partial charge in [0, 0.05) is 20.4 Å². The average Bonchev–Trinajstić information content (AvgIpc) is 2.79. The van der Waals surface area contributed by atoms with Crippen LogP contribution < -0.4 is 10.3 Å². The van der Waals surface area contributed by atoms with Gasteiger partial charge in [-0.25, -0.2) is 4.98 Å². The lowest BCUT2D eigenvalue weighted by atomic mass is 10.1. The predicted molar refractivity (Wildman–Crippen MR) is 140 cm³/mol. The fourth-order valence-electron chi connectivity index (χ4n) is 3.37. The van der Waals surface area contributed by atoms with E-state index in [1.807, 2.05) is 44.2 Å². The van der Waals surface area contributed by atoms with Crippen molar-refractivity contribution >= 4 is 49.0 Å². The molecule has 1 heterocycles. The van der Waals surface area contributed by atoms with Crippen LogP contribution in [0.1, 0.15) is 42.3 Å². The molecule has 5 nitrogen and oxygen atoms in total. The molecule has 0 aliphatic heterocycles. The lowest BCUT2D eigenvalue weighted by Gasteiger charge is -2.13. The second-order valence-corrected chi connectivity index (χ2v) is 9.94. The molecule has 0 bridgehead atoms. The molecule has 0 N–H and O–H groups in total. The van der Waals surface area contributed by atoms with Crippen LogP contribution in [-0.2, 0) is 6.61 Å². The van der Waals surface area contributed by atoms with Gasteiger partial charge >= 0.3 is 0 Å². The molecule has 3 aromatic carbocycles. The molecular formula is C26H23Br2N3O2. The first-order valence-electron chi connectivity index (χ1n) is 10.6. The molecule has 0 fully saturated rings. The highest BCUT2D eigenvalue weighted by Crippen LogP contribution is 2.24. The summed E-state index contributed by atoms with van der Waals surface area (Å²) < 4.78 is 9.17. The zero-order chi connectivity index (χ0) is 23.5. The number of ether oxygens (including phenoxy) is 1. The highest BCUT2D eigenvalue weighted by Gasteiger charge is 2.14. The van der Waals surface area contributed by atoms with Gasteiger partial charge in [0.1, 0.15) is 18.2 Å². The van der Waals surface area contributed by atoms with E-state index in [0.29, 0.717) is 29.1 Å². The summed E-state index contributed by atoms with van der Waals surface area (Å²) in [4.78, 5) is 18.0. The summed E-state index contributed by atoms with van der Waals surface area (Å²) in [6.07, 6.45) is 1.65. The van der Waals surface area contributed by atoms with Crippen molar-refractivity contribution in [1.29, 1.82) is 0 Å². The third-order valence-corrected chi connectivity index (χ3v) is 6.14. The molecule has 168 valence electrons. The lowest BCUT2D eigenvalue weighted by molar-refractivity contribution is 0.305. The number of hydrogen-bond acceptors (Lipinski definition) is 4. The Morgan fingerprint density at radius 3 is 2.45 bits per heavy atom. The van der Waals surface area contributed by atoms with Gasteiger partial charge in [-0.2, -0.15) is 9.78 Å². The predicted octanol–water partition coefficient (Wildman–Crippen LogP) is 6.81. The van der Waals surface area contributed by atoms with E-state index in [9.17, 15) is 4.79 Å². The summed E-state index contributed by atoms with van der Waals surface area (Å²) in [5.74, 6) is 1.30. The van der Waals surface area contributed by atoms with Crippen LogP contribution in [0.3, 0.4) is 0 Å². The van der Waals surface area contributed by atoms with Gasteiger partial charge in [-0.15, -0.1) is 0 Å². The third-order valence-electron chi connectivity index (χ3n) is 5.15. The van der Waals surface area contributed by atoms with Crippen LogP contribution in [0, 0.1) is 6.92 Å². The van der Waals surface area contributed by atoms with Gasteiger partial charge in [0.25, 0.3) is 5.56 Å². The number of aromatic nitrogens is 2. The van der Waals surface area contributed by atoms with E-state index in [4.69, 9.17) is 9.72 Å². The number of rotatable bonds is 6. The van der Waals surface area contributed by atoms with Crippen molar-refractivity contribution in [2.75, 3.05) is 0 Å². The molecule has 0 saturated heterocycles. The van der Waals surface area contributed by atoms with E-state index < -0.39 is 0 Å². The lowest BCUT2D eigenvalue weighted by Crippen LogP contribution is -2.23. The Labute approximate surface area is 209 Å². The standard InChI is InChI=1S/C26H23Br2N3O2/c1-16(2)25-30-23-10-8-21(28)13-22(23)26(32)31(25)29-14-19-12-20(27)9-11-24(19)33-15-18-6-4-17(3)5-7-18/h4-14,16H,15H2,1-3H3. The number of hydrogen-bond donors (Lipinski definition) is 0. The maximum absolute atomic E-state index is 13.3. The maximum atomic E-state index is 13.3. The molecule has 4 rings (SSSR count). The summed E-state index contributed by atoms with van der Waals surface area (Å²) in [7, 11) is 0. The molecule has 7 heteroatoms. The highest BCUT2D eigenvalue weighted by molar-refractivity contribution is 9.10. The molecule has 33 heavy (non-hydrogen) atoms. The van der Waals surface area contributed by atoms with Gasteiger partial charge < -0.3 is 4.74 Å². The first-order chi connectivity index (χ1) is 15.8. The average molecular weight is 569 g/mol. The normalized spacial score (nSPS) is 11.6. The monoisotopic (exact) mass is 567 g/mol. The van der Waals surface area contributed by atoms with Crippen molar-refractivity contribution in [3.63, 3.8) is 0 Å². The Morgan fingerprint density at radius 2 is 1.73 bits per heavy atom. The van der Waals surface area contributed by atoms with Crippen LogP contribution in [0.25, 0.3) is 10.9 Å². The quantitative estimate of drug-likeness (QED) is 0.240. The van der Waals surface area contributed by atoms with Crippen LogP contribution in [0.5, 0.6) is 5.75 Å². The molecule has 0 aliphatic carbocycles. The molecular weight excluding hydrogens is 546 g/mol. The van der Waals surface area contributed by atoms with Crippen molar-refractivity contribution in [1.82, 2.24) is 9.66 Å². The molecule has 0 saturated carbocycles. The molecule has 0 aliphatic rings. The Bertz CT molecular complexity index is 1390. The van der Waals surface area contributed by atoms with E-state index in [0.717, 1.165) is 20.1 Å². The van der Waals surface area contributed by atoms with E-state index in [1.165, 1.54) is 10.2 Å². The molecule has 0 spiro atoms. The number of benzene rings is 3. The van der Waals surface area contributed by atoms with Crippen LogP contribution in [0.4, 0.5) is 0 Å². The molecule has 0 radical (unpaired) electrons. The summed E-state index contributed by atoms with van der Waals surface area (Å²) in [5, 5.41) is 5.06. The Balaban J connectivity index is 1.72. The smallest absolute Gasteiger partial charge is 0.282 e. The van der Waals surface area contributed by atoms with Crippen LogP contribution >= 0.6 is 31.9 Å². The second kappa shape index (κ2) is 10.0. The zero-order valence-corrected chi connectivity index (χ0v) is 21.7. The first kappa shape index (κ1) is 23.4. The minimum atomic E-state index is -0.210. The van der Waals surface area contributed by atoms with Crippen molar-refractivity contribution in [2.24, 2.45) is 5.10 Å². The Hall–Kier alpha value is -2.77. The fourth-order valence-corrected chi connectivity index (χ4v) is 4.11. The number of aryl methyl sites for hydroxylation is 1. The molecule has 4 aromatic rings. The van der Waals surface area contributed by atoms with Crippen LogP contribution in [-0.4, -0.2) is 15.9 Å². The summed E-state index contributed by atoms with van der Waals surface area (Å²) in [6, 6.07) is 19.4. The van der Waals surface area contributed by atoms with Crippen molar-refractivity contribution in [3.05, 3.63) is 102 Å². The van der Waals surface area contributed by atoms with Gasteiger partial charge in [0.2, 0.25) is 0 Å². The van der Waals surface area contributed by atoms with Gasteiger partial charge in [-0.1, -0.05) is 75.5 Å². The van der Waals surface area contributed by atoms with E-state index in [-0.39, 0.29) is 11.5 Å². The Morgan fingerprint density at radius 1 is 1.03 bits per heavy atom. The van der Waals surface area contributed by atoms with Crippen molar-refractivity contribution in [2.45, 2.75) is 33.3 Å². The van der Waals surface area contributed by atoms with Gasteiger partial charge in [0.15, 0.2) is 0 Å². The molecule has 0 atom stereocenters. The van der Waals surface area contributed by atoms with Crippen molar-refractivity contribution in [3.8, 4) is 5.75 Å². The number of nitrogens with zero attached hydrogens (tertiary/aromatic N) is 3. The van der Waals surface area contributed by atoms with E-state index in [1.54, 1.807) is 12.3 Å². The summed E-state index contributed by atoms with van der Waals surface area (Å²) >= 11 is 6.95. The molecule has 0 unspecified atom stereocenters. The minimum Gasteiger partial charge on any atom is -0.488 e. The van der Waals surface area contributed by atoms with Crippen LogP contribution in [0.2, 0.25) is 0 Å². The third kappa shape index (κ3) is 5.42. The highest BCUT2D eigenvalue weighted by atomic mass is 79.9. The summed E-state index contributed by atoms with van der Waals surface area (Å²) in [6.45, 7) is 6.48. The van der Waals surface area contributed by atoms with Crippen LogP contribution in [0.15, 0.2) is 79.5 Å². The van der Waals surface area contributed by atoms with E-state index >= 15 is 0 Å². The maximum Gasteiger partial charge on any atom is 0.282 e. The summed E-state index contributed by atoms with van der Waals surface area (Å²) in [5.41, 5.74) is 3.49. The SMILES string of the molecule is Cc1ccc(COc2ccc(Br)cc2C=Nn2c(C(C)C)nc3ccc(Br)cc3c2=O)cc1. The van der Waals surface area contributed by atoms with Gasteiger partial charge in [-0.05, 0) is 48.9 Å². The van der Waals surface area contributed by atoms with Gasteiger partial charge in [-0.3, -0.25) is 4.79 Å². The number of halogens is 2. The molecule has 0 amide bonds. The largest absolute Gasteiger partial charge is 0.488 e. The van der Waals surface area contributed by atoms with E-state index in [2.05, 4.69) is 68.2 Å². The number of fused-ring (bicyclic) bond motifs is 1. The fraction of sp³-hybridized carbons (Fsp3) is 0.192. The second-order valence-electron chi connectivity index (χ2n) is 8.10. The topological polar surface area (TPSA) is 56.5 Å². The zero-order valence-electron chi connectivity index (χ0n) is 18.5. The minimum absolute atomic E-state index is 0.0164. The van der Waals surface area contributed by atoms with Crippen molar-refractivity contribution < 1.29 is 4.74 Å². The Kier molecular flexibility index (Phi) is 7.10. The van der Waals surface area contributed by atoms with Gasteiger partial charge in [0.05, 0.1) is 17.1 Å². The first-order valence-corrected chi connectivity index (χ1v) is 12.1.